The molecule has 1 heterocycles. The first-order valence-electron chi connectivity index (χ1n) is 10.6. The van der Waals surface area contributed by atoms with Gasteiger partial charge >= 0.3 is 0 Å². The van der Waals surface area contributed by atoms with E-state index in [0.717, 1.165) is 43.7 Å². The summed E-state index contributed by atoms with van der Waals surface area (Å²) in [5.41, 5.74) is 1.23. The van der Waals surface area contributed by atoms with Gasteiger partial charge in [-0.05, 0) is 50.3 Å². The summed E-state index contributed by atoms with van der Waals surface area (Å²) in [4.78, 5) is 20.7. The summed E-state index contributed by atoms with van der Waals surface area (Å²) < 4.78 is 5.21. The van der Waals surface area contributed by atoms with E-state index in [9.17, 15) is 4.79 Å². The van der Waals surface area contributed by atoms with Gasteiger partial charge in [-0.3, -0.25) is 9.69 Å². The van der Waals surface area contributed by atoms with Gasteiger partial charge in [0.2, 0.25) is 5.91 Å². The highest BCUT2D eigenvalue weighted by Gasteiger charge is 2.38. The molecule has 168 valence electrons. The third-order valence-electron chi connectivity index (χ3n) is 5.72. The third kappa shape index (κ3) is 7.30. The number of hydrogen-bond donors (Lipinski definition) is 2. The van der Waals surface area contributed by atoms with Crippen molar-refractivity contribution >= 4 is 35.8 Å². The minimum atomic E-state index is 0. The zero-order valence-electron chi connectivity index (χ0n) is 18.6. The lowest BCUT2D eigenvalue weighted by atomic mass is 10.1. The van der Waals surface area contributed by atoms with E-state index in [1.807, 2.05) is 12.1 Å². The van der Waals surface area contributed by atoms with Crippen LogP contribution in [0.2, 0.25) is 0 Å². The van der Waals surface area contributed by atoms with Crippen molar-refractivity contribution in [2.24, 2.45) is 4.99 Å². The van der Waals surface area contributed by atoms with E-state index in [4.69, 9.17) is 4.74 Å². The summed E-state index contributed by atoms with van der Waals surface area (Å²) in [5.74, 6) is 1.59. The van der Waals surface area contributed by atoms with Gasteiger partial charge in [0.25, 0.3) is 0 Å². The maximum Gasteiger partial charge on any atom is 0.243 e. The van der Waals surface area contributed by atoms with Gasteiger partial charge in [0.05, 0.1) is 7.11 Å². The predicted molar refractivity (Wildman–Crippen MR) is 132 cm³/mol. The first-order chi connectivity index (χ1) is 14.0. The van der Waals surface area contributed by atoms with Crippen molar-refractivity contribution in [3.63, 3.8) is 0 Å². The summed E-state index contributed by atoms with van der Waals surface area (Å²) in [5, 5.41) is 6.98. The number of amides is 1. The second-order valence-electron chi connectivity index (χ2n) is 8.33. The van der Waals surface area contributed by atoms with Gasteiger partial charge < -0.3 is 20.3 Å². The van der Waals surface area contributed by atoms with Crippen LogP contribution in [-0.4, -0.2) is 80.6 Å². The zero-order valence-corrected chi connectivity index (χ0v) is 20.9. The van der Waals surface area contributed by atoms with E-state index >= 15 is 0 Å². The number of guanidine groups is 1. The number of likely N-dealkylation sites (N-methyl/N-ethyl adjacent to an activating group) is 1. The molecule has 30 heavy (non-hydrogen) atoms. The number of nitrogens with zero attached hydrogens (tertiary/aromatic N) is 3. The smallest absolute Gasteiger partial charge is 0.243 e. The Kier molecular flexibility index (Phi) is 9.67. The lowest BCUT2D eigenvalue weighted by Crippen LogP contribution is -2.45. The fourth-order valence-corrected chi connectivity index (χ4v) is 3.83. The Hall–Kier alpha value is -1.55. The number of methoxy groups -OCH3 is 1. The molecule has 2 atom stereocenters. The van der Waals surface area contributed by atoms with E-state index in [1.165, 1.54) is 18.4 Å². The monoisotopic (exact) mass is 529 g/mol. The topological polar surface area (TPSA) is 69.2 Å². The molecule has 0 bridgehead atoms. The molecule has 2 unspecified atom stereocenters. The SMILES string of the molecule is COc1ccc(CCNC(=NCC(=O)N(C)C)NC2CC(C)N(C3CC3)C2)cc1.I. The summed E-state index contributed by atoms with van der Waals surface area (Å²) in [6.45, 7) is 4.26. The Bertz CT molecular complexity index is 706. The molecule has 2 aliphatic rings. The van der Waals surface area contributed by atoms with Gasteiger partial charge in [0.15, 0.2) is 5.96 Å². The maximum atomic E-state index is 12.0. The number of hydrogen-bond acceptors (Lipinski definition) is 4. The highest BCUT2D eigenvalue weighted by Crippen LogP contribution is 2.33. The molecule has 8 heteroatoms. The van der Waals surface area contributed by atoms with E-state index < -0.39 is 0 Å². The minimum absolute atomic E-state index is 0. The lowest BCUT2D eigenvalue weighted by molar-refractivity contribution is -0.127. The molecule has 0 aromatic heterocycles. The number of ether oxygens (including phenoxy) is 1. The number of nitrogens with one attached hydrogen (secondary N) is 2. The highest BCUT2D eigenvalue weighted by atomic mass is 127. The molecule has 0 spiro atoms. The van der Waals surface area contributed by atoms with Gasteiger partial charge in [0.1, 0.15) is 12.3 Å². The van der Waals surface area contributed by atoms with Crippen molar-refractivity contribution < 1.29 is 9.53 Å². The average molecular weight is 529 g/mol. The van der Waals surface area contributed by atoms with Crippen LogP contribution in [0, 0.1) is 0 Å². The molecule has 2 fully saturated rings. The molecule has 1 aliphatic heterocycles. The quantitative estimate of drug-likeness (QED) is 0.307. The van der Waals surface area contributed by atoms with E-state index in [0.29, 0.717) is 12.1 Å². The molecule has 1 aliphatic carbocycles. The standard InChI is InChI=1S/C22H35N5O2.HI/c1-16-13-18(15-27(16)19-7-8-19)25-22(24-14-21(28)26(2)3)23-12-11-17-5-9-20(29-4)10-6-17;/h5-6,9-10,16,18-19H,7-8,11-15H2,1-4H3,(H2,23,24,25);1H. The van der Waals surface area contributed by atoms with Crippen molar-refractivity contribution in [2.45, 2.75) is 50.7 Å². The van der Waals surface area contributed by atoms with Crippen LogP contribution in [0.5, 0.6) is 5.75 Å². The summed E-state index contributed by atoms with van der Waals surface area (Å²) in [6, 6.07) is 9.85. The van der Waals surface area contributed by atoms with Crippen LogP contribution in [0.3, 0.4) is 0 Å². The molecule has 3 rings (SSSR count). The van der Waals surface area contributed by atoms with Crippen LogP contribution in [0.15, 0.2) is 29.3 Å². The predicted octanol–water partition coefficient (Wildman–Crippen LogP) is 2.10. The molecule has 1 aromatic rings. The fourth-order valence-electron chi connectivity index (χ4n) is 3.83. The van der Waals surface area contributed by atoms with Crippen LogP contribution in [-0.2, 0) is 11.2 Å². The molecular weight excluding hydrogens is 493 g/mol. The second-order valence-corrected chi connectivity index (χ2v) is 8.33. The minimum Gasteiger partial charge on any atom is -0.497 e. The Labute approximate surface area is 197 Å². The molecular formula is C22H36IN5O2. The fraction of sp³-hybridized carbons (Fsp3) is 0.636. The number of halogens is 1. The molecule has 1 aromatic carbocycles. The summed E-state index contributed by atoms with van der Waals surface area (Å²) in [7, 11) is 5.19. The van der Waals surface area contributed by atoms with Gasteiger partial charge in [0, 0.05) is 45.3 Å². The van der Waals surface area contributed by atoms with Crippen LogP contribution in [0.1, 0.15) is 31.7 Å². The van der Waals surface area contributed by atoms with Crippen LogP contribution >= 0.6 is 24.0 Å². The van der Waals surface area contributed by atoms with E-state index in [-0.39, 0.29) is 36.4 Å². The summed E-state index contributed by atoms with van der Waals surface area (Å²) in [6.07, 6.45) is 4.64. The zero-order chi connectivity index (χ0) is 20.8. The number of carbonyl (C=O) groups is 1. The number of likely N-dealkylation sites (tertiary alicyclic amines) is 1. The Morgan fingerprint density at radius 1 is 1.27 bits per heavy atom. The Morgan fingerprint density at radius 3 is 2.57 bits per heavy atom. The highest BCUT2D eigenvalue weighted by molar-refractivity contribution is 14.0. The van der Waals surface area contributed by atoms with Gasteiger partial charge in [-0.15, -0.1) is 24.0 Å². The molecule has 1 amide bonds. The third-order valence-corrected chi connectivity index (χ3v) is 5.72. The number of benzene rings is 1. The van der Waals surface area contributed by atoms with Crippen LogP contribution in [0.4, 0.5) is 0 Å². The summed E-state index contributed by atoms with van der Waals surface area (Å²) >= 11 is 0. The number of carbonyl (C=O) groups excluding carboxylic acids is 1. The van der Waals surface area contributed by atoms with Crippen LogP contribution in [0.25, 0.3) is 0 Å². The van der Waals surface area contributed by atoms with Crippen molar-refractivity contribution in [3.05, 3.63) is 29.8 Å². The van der Waals surface area contributed by atoms with Crippen molar-refractivity contribution in [1.82, 2.24) is 20.4 Å². The molecule has 1 saturated heterocycles. The van der Waals surface area contributed by atoms with Crippen molar-refractivity contribution in [3.8, 4) is 5.75 Å². The lowest BCUT2D eigenvalue weighted by Gasteiger charge is -2.20. The molecule has 7 nitrogen and oxygen atoms in total. The van der Waals surface area contributed by atoms with Crippen LogP contribution < -0.4 is 15.4 Å². The molecule has 2 N–H and O–H groups in total. The average Bonchev–Trinajstić information content (AvgIpc) is 3.49. The molecule has 1 saturated carbocycles. The Balaban J connectivity index is 0.00000320. The van der Waals surface area contributed by atoms with Crippen molar-refractivity contribution in [2.75, 3.05) is 40.8 Å². The largest absolute Gasteiger partial charge is 0.497 e. The van der Waals surface area contributed by atoms with Gasteiger partial charge in [-0.25, -0.2) is 4.99 Å². The first kappa shape index (κ1) is 24.7. The number of rotatable bonds is 8. The Morgan fingerprint density at radius 2 is 1.97 bits per heavy atom. The second kappa shape index (κ2) is 11.7. The van der Waals surface area contributed by atoms with Gasteiger partial charge in [-0.1, -0.05) is 12.1 Å². The van der Waals surface area contributed by atoms with E-state index in [1.54, 1.807) is 26.1 Å². The maximum absolute atomic E-state index is 12.0. The first-order valence-corrected chi connectivity index (χ1v) is 10.6. The van der Waals surface area contributed by atoms with Crippen molar-refractivity contribution in [1.29, 1.82) is 0 Å². The van der Waals surface area contributed by atoms with E-state index in [2.05, 4.69) is 39.6 Å². The number of aliphatic imine (C=N–C) groups is 1. The molecule has 0 radical (unpaired) electrons. The van der Waals surface area contributed by atoms with Gasteiger partial charge in [-0.2, -0.15) is 0 Å². The normalized spacial score (nSPS) is 21.7.